The first-order valence-corrected chi connectivity index (χ1v) is 6.38. The number of nitrogens with two attached hydrogens (primary N) is 1. The van der Waals surface area contributed by atoms with Gasteiger partial charge in [-0.2, -0.15) is 0 Å². The Morgan fingerprint density at radius 2 is 2.00 bits per heavy atom. The Kier molecular flexibility index (Phi) is 3.08. The Morgan fingerprint density at radius 1 is 1.25 bits per heavy atom. The maximum Gasteiger partial charge on any atom is 0.269 e. The number of amides is 1. The third kappa shape index (κ3) is 2.00. The zero-order valence-corrected chi connectivity index (χ0v) is 10.8. The number of rotatable bonds is 3. The van der Waals surface area contributed by atoms with Crippen molar-refractivity contribution in [3.8, 4) is 0 Å². The smallest absolute Gasteiger partial charge is 0.269 e. The van der Waals surface area contributed by atoms with Crippen LogP contribution in [0.2, 0.25) is 0 Å². The lowest BCUT2D eigenvalue weighted by Gasteiger charge is -2.17. The second-order valence-electron chi connectivity index (χ2n) is 4.62. The minimum atomic E-state index is -0.607. The molecule has 2 aromatic rings. The first-order chi connectivity index (χ1) is 9.68. The van der Waals surface area contributed by atoms with Crippen molar-refractivity contribution < 1.29 is 9.59 Å². The molecule has 0 saturated heterocycles. The van der Waals surface area contributed by atoms with Gasteiger partial charge in [0.1, 0.15) is 0 Å². The van der Waals surface area contributed by atoms with Gasteiger partial charge in [0.15, 0.2) is 11.5 Å². The molecule has 6 nitrogen and oxygen atoms in total. The van der Waals surface area contributed by atoms with E-state index in [4.69, 9.17) is 5.73 Å². The number of primary amides is 1. The SMILES string of the molecule is NC(=O)c1nc(C(=O)c2ccccc2)n2c1CNCC2. The topological polar surface area (TPSA) is 90.0 Å². The maximum absolute atomic E-state index is 12.5. The summed E-state index contributed by atoms with van der Waals surface area (Å²) in [4.78, 5) is 28.1. The molecule has 2 heterocycles. The van der Waals surface area contributed by atoms with Gasteiger partial charge in [-0.25, -0.2) is 4.98 Å². The molecule has 1 aromatic heterocycles. The largest absolute Gasteiger partial charge is 0.364 e. The fourth-order valence-electron chi connectivity index (χ4n) is 2.39. The number of hydrogen-bond donors (Lipinski definition) is 2. The monoisotopic (exact) mass is 270 g/mol. The molecule has 3 N–H and O–H groups in total. The molecule has 1 amide bonds. The highest BCUT2D eigenvalue weighted by Gasteiger charge is 2.26. The van der Waals surface area contributed by atoms with Gasteiger partial charge in [0, 0.05) is 25.2 Å². The maximum atomic E-state index is 12.5. The number of ketones is 1. The summed E-state index contributed by atoms with van der Waals surface area (Å²) in [5, 5.41) is 3.15. The van der Waals surface area contributed by atoms with Gasteiger partial charge in [-0.05, 0) is 0 Å². The highest BCUT2D eigenvalue weighted by molar-refractivity contribution is 6.07. The van der Waals surface area contributed by atoms with Crippen LogP contribution >= 0.6 is 0 Å². The van der Waals surface area contributed by atoms with Crippen LogP contribution < -0.4 is 11.1 Å². The van der Waals surface area contributed by atoms with Gasteiger partial charge < -0.3 is 15.6 Å². The van der Waals surface area contributed by atoms with E-state index in [0.717, 1.165) is 6.54 Å². The Hall–Kier alpha value is -2.47. The van der Waals surface area contributed by atoms with Crippen LogP contribution in [0.4, 0.5) is 0 Å². The predicted octanol–water partition coefficient (Wildman–Crippen LogP) is 0.316. The number of imidazole rings is 1. The lowest BCUT2D eigenvalue weighted by atomic mass is 10.1. The minimum Gasteiger partial charge on any atom is -0.364 e. The molecule has 1 aromatic carbocycles. The molecule has 0 saturated carbocycles. The lowest BCUT2D eigenvalue weighted by molar-refractivity contribution is 0.0994. The first-order valence-electron chi connectivity index (χ1n) is 6.38. The van der Waals surface area contributed by atoms with Gasteiger partial charge in [-0.15, -0.1) is 0 Å². The molecular weight excluding hydrogens is 256 g/mol. The molecule has 102 valence electrons. The average Bonchev–Trinajstić information content (AvgIpc) is 2.87. The molecule has 3 rings (SSSR count). The average molecular weight is 270 g/mol. The number of nitrogens with one attached hydrogen (secondary N) is 1. The van der Waals surface area contributed by atoms with E-state index in [1.165, 1.54) is 0 Å². The molecule has 1 aliphatic heterocycles. The summed E-state index contributed by atoms with van der Waals surface area (Å²) in [6.07, 6.45) is 0. The minimum absolute atomic E-state index is 0.177. The Balaban J connectivity index is 2.10. The van der Waals surface area contributed by atoms with Crippen LogP contribution in [0.25, 0.3) is 0 Å². The summed E-state index contributed by atoms with van der Waals surface area (Å²) in [6.45, 7) is 1.83. The highest BCUT2D eigenvalue weighted by Crippen LogP contribution is 2.17. The number of benzene rings is 1. The molecule has 0 bridgehead atoms. The zero-order chi connectivity index (χ0) is 14.1. The van der Waals surface area contributed by atoms with E-state index in [9.17, 15) is 9.59 Å². The highest BCUT2D eigenvalue weighted by atomic mass is 16.1. The summed E-state index contributed by atoms with van der Waals surface area (Å²) in [5.74, 6) is -0.521. The number of hydrogen-bond acceptors (Lipinski definition) is 4. The van der Waals surface area contributed by atoms with E-state index in [1.54, 1.807) is 28.8 Å². The molecule has 20 heavy (non-hydrogen) atoms. The number of nitrogens with zero attached hydrogens (tertiary/aromatic N) is 2. The van der Waals surface area contributed by atoms with Crippen molar-refractivity contribution in [3.05, 3.63) is 53.1 Å². The molecule has 1 aliphatic rings. The van der Waals surface area contributed by atoms with Crippen LogP contribution in [0.15, 0.2) is 30.3 Å². The van der Waals surface area contributed by atoms with E-state index < -0.39 is 5.91 Å². The Bertz CT molecular complexity index is 676. The van der Waals surface area contributed by atoms with Gasteiger partial charge in [0.25, 0.3) is 5.91 Å². The van der Waals surface area contributed by atoms with Crippen molar-refractivity contribution in [1.82, 2.24) is 14.9 Å². The van der Waals surface area contributed by atoms with Crippen LogP contribution in [0.5, 0.6) is 0 Å². The van der Waals surface area contributed by atoms with E-state index in [1.807, 2.05) is 6.07 Å². The zero-order valence-electron chi connectivity index (χ0n) is 10.8. The lowest BCUT2D eigenvalue weighted by Crippen LogP contribution is -2.31. The van der Waals surface area contributed by atoms with Crippen molar-refractivity contribution in [2.24, 2.45) is 5.73 Å². The van der Waals surface area contributed by atoms with Gasteiger partial charge in [0.05, 0.1) is 5.69 Å². The third-order valence-electron chi connectivity index (χ3n) is 3.35. The second-order valence-corrected chi connectivity index (χ2v) is 4.62. The Labute approximate surface area is 115 Å². The molecule has 0 unspecified atom stereocenters. The summed E-state index contributed by atoms with van der Waals surface area (Å²) >= 11 is 0. The number of fused-ring (bicyclic) bond motifs is 1. The van der Waals surface area contributed by atoms with Crippen LogP contribution in [-0.4, -0.2) is 27.8 Å². The molecule has 0 fully saturated rings. The fourth-order valence-corrected chi connectivity index (χ4v) is 2.39. The van der Waals surface area contributed by atoms with Crippen LogP contribution in [0, 0.1) is 0 Å². The second kappa shape index (κ2) is 4.90. The summed E-state index contributed by atoms with van der Waals surface area (Å²) in [5.41, 5.74) is 6.75. The summed E-state index contributed by atoms with van der Waals surface area (Å²) in [6, 6.07) is 8.90. The van der Waals surface area contributed by atoms with Crippen molar-refractivity contribution in [1.29, 1.82) is 0 Å². The molecule has 0 aliphatic carbocycles. The van der Waals surface area contributed by atoms with Crippen molar-refractivity contribution in [3.63, 3.8) is 0 Å². The summed E-state index contributed by atoms with van der Waals surface area (Å²) < 4.78 is 1.78. The van der Waals surface area contributed by atoms with Crippen LogP contribution in [0.1, 0.15) is 32.4 Å². The van der Waals surface area contributed by atoms with Gasteiger partial charge in [0.2, 0.25) is 5.78 Å². The van der Waals surface area contributed by atoms with E-state index in [0.29, 0.717) is 24.3 Å². The quantitative estimate of drug-likeness (QED) is 0.786. The molecular formula is C14H14N4O2. The van der Waals surface area contributed by atoms with Crippen molar-refractivity contribution in [2.45, 2.75) is 13.1 Å². The van der Waals surface area contributed by atoms with E-state index in [-0.39, 0.29) is 17.3 Å². The molecule has 0 radical (unpaired) electrons. The third-order valence-corrected chi connectivity index (χ3v) is 3.35. The normalized spacial score (nSPS) is 13.8. The van der Waals surface area contributed by atoms with Gasteiger partial charge in [-0.3, -0.25) is 9.59 Å². The fraction of sp³-hybridized carbons (Fsp3) is 0.214. The predicted molar refractivity (Wildman–Crippen MR) is 72.3 cm³/mol. The van der Waals surface area contributed by atoms with E-state index in [2.05, 4.69) is 10.3 Å². The van der Waals surface area contributed by atoms with Crippen molar-refractivity contribution in [2.75, 3.05) is 6.54 Å². The number of carbonyl (C=O) groups is 2. The summed E-state index contributed by atoms with van der Waals surface area (Å²) in [7, 11) is 0. The van der Waals surface area contributed by atoms with Gasteiger partial charge >= 0.3 is 0 Å². The van der Waals surface area contributed by atoms with Crippen molar-refractivity contribution >= 4 is 11.7 Å². The van der Waals surface area contributed by atoms with Gasteiger partial charge in [-0.1, -0.05) is 30.3 Å². The molecule has 0 spiro atoms. The first kappa shape index (κ1) is 12.6. The number of carbonyl (C=O) groups excluding carboxylic acids is 2. The number of aromatic nitrogens is 2. The molecule has 6 heteroatoms. The van der Waals surface area contributed by atoms with Crippen LogP contribution in [0.3, 0.4) is 0 Å². The van der Waals surface area contributed by atoms with E-state index >= 15 is 0 Å². The Morgan fingerprint density at radius 3 is 2.70 bits per heavy atom. The molecule has 0 atom stereocenters. The van der Waals surface area contributed by atoms with Crippen LogP contribution in [-0.2, 0) is 13.1 Å². The standard InChI is InChI=1S/C14H14N4O2/c15-13(20)11-10-8-16-6-7-18(10)14(17-11)12(19)9-4-2-1-3-5-9/h1-5,16H,6-8H2,(H2,15,20).